The van der Waals surface area contributed by atoms with E-state index in [0.717, 1.165) is 43.5 Å². The number of fused-ring (bicyclic) bond motifs is 3. The molecule has 2 aromatic rings. The molecule has 12 heteroatoms. The van der Waals surface area contributed by atoms with Gasteiger partial charge in [0.25, 0.3) is 5.91 Å². The van der Waals surface area contributed by atoms with E-state index in [1.165, 1.54) is 11.0 Å². The summed E-state index contributed by atoms with van der Waals surface area (Å²) in [6.45, 7) is 4.94. The Kier molecular flexibility index (Phi) is 10.3. The Morgan fingerprint density at radius 3 is 2.48 bits per heavy atom. The van der Waals surface area contributed by atoms with Gasteiger partial charge in [0, 0.05) is 36.8 Å². The minimum Gasteiger partial charge on any atom is -0.508 e. The number of phenolic OH excluding ortho intramolecular Hbond substituents is 1. The number of phenols is 1. The summed E-state index contributed by atoms with van der Waals surface area (Å²) < 4.78 is 11.4. The minimum absolute atomic E-state index is 0.00408. The first-order valence-corrected chi connectivity index (χ1v) is 16.3. The number of ether oxygens (including phenoxy) is 2. The average molecular weight is 664 g/mol. The molecule has 1 saturated carbocycles. The van der Waals surface area contributed by atoms with Crippen LogP contribution in [-0.2, 0) is 32.1 Å². The molecule has 0 heterocycles. The molecule has 258 valence electrons. The molecule has 0 aliphatic heterocycles. The zero-order chi connectivity index (χ0) is 34.9. The highest BCUT2D eigenvalue weighted by Gasteiger charge is 2.64. The number of carbonyl (C=O) groups is 3. The number of nitrogens with zero attached hydrogens (tertiary/aromatic N) is 1. The molecule has 48 heavy (non-hydrogen) atoms. The Morgan fingerprint density at radius 1 is 1.08 bits per heavy atom. The molecule has 0 aromatic heterocycles. The number of Topliss-reactive ketones (excluding diaryl/α,β-unsaturated/α-hetero) is 2. The number of aliphatic hydroxyl groups is 3. The van der Waals surface area contributed by atoms with Crippen molar-refractivity contribution in [1.29, 1.82) is 0 Å². The van der Waals surface area contributed by atoms with Gasteiger partial charge in [0.1, 0.15) is 28.6 Å². The lowest BCUT2D eigenvalue weighted by molar-refractivity contribution is -0.153. The Hall–Kier alpha value is -4.23. The maximum atomic E-state index is 14.2. The van der Waals surface area contributed by atoms with Crippen LogP contribution >= 0.6 is 0 Å². The van der Waals surface area contributed by atoms with Crippen LogP contribution in [-0.4, -0.2) is 95.4 Å². The molecule has 0 bridgehead atoms. The van der Waals surface area contributed by atoms with Crippen molar-refractivity contribution in [2.75, 3.05) is 41.0 Å². The monoisotopic (exact) mass is 663 g/mol. The van der Waals surface area contributed by atoms with Crippen molar-refractivity contribution >= 4 is 23.2 Å². The van der Waals surface area contributed by atoms with Crippen LogP contribution in [0.1, 0.15) is 49.3 Å². The third-order valence-corrected chi connectivity index (χ3v) is 9.77. The van der Waals surface area contributed by atoms with Gasteiger partial charge in [-0.3, -0.25) is 19.3 Å². The lowest BCUT2D eigenvalue weighted by atomic mass is 9.57. The summed E-state index contributed by atoms with van der Waals surface area (Å²) in [5, 5.41) is 49.0. The van der Waals surface area contributed by atoms with E-state index < -0.39 is 58.0 Å². The van der Waals surface area contributed by atoms with E-state index >= 15 is 0 Å². The second-order valence-electron chi connectivity index (χ2n) is 13.0. The van der Waals surface area contributed by atoms with E-state index in [4.69, 9.17) is 15.2 Å². The maximum Gasteiger partial charge on any atom is 0.255 e. The van der Waals surface area contributed by atoms with Gasteiger partial charge >= 0.3 is 0 Å². The van der Waals surface area contributed by atoms with Crippen LogP contribution in [0.15, 0.2) is 47.2 Å². The molecule has 3 aliphatic carbocycles. The number of aliphatic hydroxyl groups excluding tert-OH is 2. The number of hydrogen-bond acceptors (Lipinski definition) is 11. The number of methoxy groups -OCH3 is 1. The Bertz CT molecular complexity index is 1680. The van der Waals surface area contributed by atoms with E-state index in [9.17, 15) is 34.8 Å². The molecular weight excluding hydrogens is 618 g/mol. The largest absolute Gasteiger partial charge is 0.508 e. The van der Waals surface area contributed by atoms with Crippen LogP contribution in [0.3, 0.4) is 0 Å². The van der Waals surface area contributed by atoms with Crippen molar-refractivity contribution in [1.82, 2.24) is 10.2 Å². The zero-order valence-corrected chi connectivity index (χ0v) is 27.8. The molecule has 4 atom stereocenters. The molecule has 7 N–H and O–H groups in total. The quantitative estimate of drug-likeness (QED) is 0.136. The first kappa shape index (κ1) is 35.1. The minimum atomic E-state index is -2.69. The van der Waals surface area contributed by atoms with Crippen molar-refractivity contribution in [3.05, 3.63) is 63.9 Å². The normalized spacial score (nSPS) is 23.7. The van der Waals surface area contributed by atoms with Crippen LogP contribution in [0, 0.1) is 11.8 Å². The summed E-state index contributed by atoms with van der Waals surface area (Å²) in [7, 11) is 4.69. The number of carbonyl (C=O) groups excluding carboxylic acids is 3. The molecular formula is C36H45N3O9. The number of nitrogens with two attached hydrogens (primary N) is 1. The Balaban J connectivity index is 1.53. The van der Waals surface area contributed by atoms with Gasteiger partial charge in [0.15, 0.2) is 11.4 Å². The second-order valence-corrected chi connectivity index (χ2v) is 13.0. The molecule has 0 spiro atoms. The summed E-state index contributed by atoms with van der Waals surface area (Å²) >= 11 is 0. The van der Waals surface area contributed by atoms with Crippen molar-refractivity contribution < 1.29 is 44.3 Å². The van der Waals surface area contributed by atoms with Crippen LogP contribution in [0.2, 0.25) is 0 Å². The molecule has 1 amide bonds. The summed E-state index contributed by atoms with van der Waals surface area (Å²) in [5.41, 5.74) is 4.65. The van der Waals surface area contributed by atoms with E-state index in [2.05, 4.69) is 12.2 Å². The fourth-order valence-corrected chi connectivity index (χ4v) is 7.45. The number of primary amides is 1. The number of rotatable bonds is 13. The van der Waals surface area contributed by atoms with E-state index in [0.29, 0.717) is 30.0 Å². The molecule has 0 radical (unpaired) electrons. The summed E-state index contributed by atoms with van der Waals surface area (Å²) in [6.07, 6.45) is 3.19. The average Bonchev–Trinajstić information content (AvgIpc) is 3.03. The summed E-state index contributed by atoms with van der Waals surface area (Å²) in [4.78, 5) is 41.3. The Labute approximate surface area is 279 Å². The third-order valence-electron chi connectivity index (χ3n) is 9.77. The first-order valence-electron chi connectivity index (χ1n) is 16.3. The molecule has 5 rings (SSSR count). The lowest BCUT2D eigenvalue weighted by Crippen LogP contribution is -2.65. The van der Waals surface area contributed by atoms with Crippen LogP contribution in [0.5, 0.6) is 11.5 Å². The van der Waals surface area contributed by atoms with Crippen LogP contribution < -0.4 is 15.8 Å². The number of aromatic hydroxyl groups is 1. The first-order chi connectivity index (χ1) is 22.9. The van der Waals surface area contributed by atoms with Crippen molar-refractivity contribution in [2.24, 2.45) is 17.6 Å². The standard InChI is InChI=1S/C36H45N3O9/c1-5-6-13-48-14-7-12-38-18-19-8-11-26(47-4)22(15-19)21-9-10-25(40)28-23(21)16-20-17-24-30(39(2)3)32(42)29(35(37)45)34(44)36(24,46)33(43)27(20)31(28)41/h8-11,15,20,24,30,38,40-41,44,46H,5-7,12-14,16-18H2,1-4H3,(H2,37,45)/t20-,24-,30+,36-/m0/s1. The number of nitrogens with one attached hydrogen (secondary N) is 1. The molecule has 1 fully saturated rings. The van der Waals surface area contributed by atoms with Crippen LogP contribution in [0.25, 0.3) is 16.9 Å². The number of ketones is 2. The van der Waals surface area contributed by atoms with Gasteiger partial charge in [-0.15, -0.1) is 0 Å². The molecule has 0 saturated heterocycles. The van der Waals surface area contributed by atoms with E-state index in [1.807, 2.05) is 18.2 Å². The smallest absolute Gasteiger partial charge is 0.255 e. The van der Waals surface area contributed by atoms with Gasteiger partial charge in [-0.2, -0.15) is 0 Å². The van der Waals surface area contributed by atoms with Crippen molar-refractivity contribution in [3.63, 3.8) is 0 Å². The lowest BCUT2D eigenvalue weighted by Gasteiger charge is -2.50. The number of unbranched alkanes of at least 4 members (excludes halogenated alkanes) is 1. The van der Waals surface area contributed by atoms with Gasteiger partial charge in [-0.1, -0.05) is 25.5 Å². The topological polar surface area (TPSA) is 192 Å². The fraction of sp³-hybridized carbons (Fsp3) is 0.472. The SMILES string of the molecule is CCCCOCCCNCc1ccc(OC)c(-c2ccc(O)c3c2C[C@H]2C[C@H]4[C@@H](N(C)C)C(=O)C(C(N)=O)=C(O)[C@@]4(O)C(=O)C2=C3O)c1. The predicted molar refractivity (Wildman–Crippen MR) is 178 cm³/mol. The second kappa shape index (κ2) is 14.1. The number of hydrogen-bond donors (Lipinski definition) is 6. The molecule has 2 aromatic carbocycles. The number of likely N-dealkylation sites (N-methyl/N-ethyl adjacent to an activating group) is 1. The van der Waals surface area contributed by atoms with Gasteiger partial charge in [0.2, 0.25) is 5.78 Å². The zero-order valence-electron chi connectivity index (χ0n) is 27.8. The highest BCUT2D eigenvalue weighted by atomic mass is 16.5. The van der Waals surface area contributed by atoms with Gasteiger partial charge in [-0.25, -0.2) is 0 Å². The fourth-order valence-electron chi connectivity index (χ4n) is 7.45. The van der Waals surface area contributed by atoms with Crippen LogP contribution in [0.4, 0.5) is 0 Å². The van der Waals surface area contributed by atoms with Gasteiger partial charge in [0.05, 0.1) is 18.7 Å². The Morgan fingerprint density at radius 2 is 1.81 bits per heavy atom. The third kappa shape index (κ3) is 5.98. The highest BCUT2D eigenvalue weighted by Crippen LogP contribution is 2.54. The van der Waals surface area contributed by atoms with Crippen molar-refractivity contribution in [2.45, 2.75) is 57.2 Å². The molecule has 3 aliphatic rings. The summed E-state index contributed by atoms with van der Waals surface area (Å²) in [5.74, 6) is -6.32. The summed E-state index contributed by atoms with van der Waals surface area (Å²) in [6, 6.07) is 7.79. The highest BCUT2D eigenvalue weighted by molar-refractivity contribution is 6.24. The van der Waals surface area contributed by atoms with E-state index in [1.54, 1.807) is 27.3 Å². The van der Waals surface area contributed by atoms with E-state index in [-0.39, 0.29) is 29.7 Å². The molecule has 0 unspecified atom stereocenters. The van der Waals surface area contributed by atoms with Crippen molar-refractivity contribution in [3.8, 4) is 22.6 Å². The van der Waals surface area contributed by atoms with Gasteiger partial charge in [-0.05, 0) is 87.1 Å². The number of benzene rings is 2. The molecule has 12 nitrogen and oxygen atoms in total. The number of amides is 1. The maximum absolute atomic E-state index is 14.2. The predicted octanol–water partition coefficient (Wildman–Crippen LogP) is 2.94. The van der Waals surface area contributed by atoms with Gasteiger partial charge < -0.3 is 41.0 Å².